The second-order valence-electron chi connectivity index (χ2n) is 4.14. The first kappa shape index (κ1) is 11.1. The molecule has 0 amide bonds. The molecule has 0 saturated heterocycles. The van der Waals surface area contributed by atoms with Gasteiger partial charge in [0, 0.05) is 18.8 Å². The summed E-state index contributed by atoms with van der Waals surface area (Å²) in [5.41, 5.74) is 5.65. The van der Waals surface area contributed by atoms with Gasteiger partial charge in [0.15, 0.2) is 0 Å². The highest BCUT2D eigenvalue weighted by atomic mass is 16.3. The van der Waals surface area contributed by atoms with Gasteiger partial charge in [0.25, 0.3) is 0 Å². The fraction of sp³-hybridized carbons (Fsp3) is 0.636. The zero-order chi connectivity index (χ0) is 11.4. The van der Waals surface area contributed by atoms with Crippen molar-refractivity contribution in [3.63, 3.8) is 0 Å². The predicted octanol–water partition coefficient (Wildman–Crippen LogP) is 0.800. The fourth-order valence-electron chi connectivity index (χ4n) is 2.27. The van der Waals surface area contributed by atoms with Crippen LogP contribution in [0, 0.1) is 0 Å². The van der Waals surface area contributed by atoms with Gasteiger partial charge in [-0.1, -0.05) is 12.8 Å². The molecule has 16 heavy (non-hydrogen) atoms. The number of aliphatic hydroxyl groups excluding tert-OH is 1. The molecule has 1 aromatic rings. The Morgan fingerprint density at radius 1 is 1.44 bits per heavy atom. The van der Waals surface area contributed by atoms with Crippen LogP contribution in [0.2, 0.25) is 0 Å². The third-order valence-electron chi connectivity index (χ3n) is 3.03. The molecule has 5 nitrogen and oxygen atoms in total. The minimum absolute atomic E-state index is 0.120. The molecule has 1 heterocycles. The van der Waals surface area contributed by atoms with Crippen molar-refractivity contribution in [2.24, 2.45) is 0 Å². The molecule has 0 atom stereocenters. The van der Waals surface area contributed by atoms with E-state index < -0.39 is 0 Å². The number of aromatic nitrogens is 2. The van der Waals surface area contributed by atoms with Gasteiger partial charge in [-0.15, -0.1) is 0 Å². The lowest BCUT2D eigenvalue weighted by Crippen LogP contribution is -2.37. The standard InChI is InChI=1S/C11H18N4O/c12-10-5-6-13-11(14-10)15(7-8-16)9-3-1-2-4-9/h5-6,9,16H,1-4,7-8H2,(H2,12,13,14). The SMILES string of the molecule is Nc1ccnc(N(CCO)C2CCCC2)n1. The number of nitrogens with zero attached hydrogens (tertiary/aromatic N) is 3. The summed E-state index contributed by atoms with van der Waals surface area (Å²) in [5, 5.41) is 9.10. The molecule has 0 unspecified atom stereocenters. The van der Waals surface area contributed by atoms with Gasteiger partial charge in [0.2, 0.25) is 5.95 Å². The van der Waals surface area contributed by atoms with Crippen LogP contribution in [0.25, 0.3) is 0 Å². The quantitative estimate of drug-likeness (QED) is 0.788. The summed E-state index contributed by atoms with van der Waals surface area (Å²) < 4.78 is 0. The molecule has 1 aliphatic rings. The molecule has 5 heteroatoms. The molecule has 0 aliphatic heterocycles. The highest BCUT2D eigenvalue weighted by Gasteiger charge is 2.24. The van der Waals surface area contributed by atoms with E-state index in [1.807, 2.05) is 0 Å². The highest BCUT2D eigenvalue weighted by Crippen LogP contribution is 2.26. The van der Waals surface area contributed by atoms with E-state index in [0.717, 1.165) is 12.8 Å². The van der Waals surface area contributed by atoms with Crippen LogP contribution in [0.3, 0.4) is 0 Å². The molecule has 3 N–H and O–H groups in total. The van der Waals surface area contributed by atoms with Gasteiger partial charge in [-0.05, 0) is 18.9 Å². The Morgan fingerprint density at radius 2 is 2.19 bits per heavy atom. The first-order valence-electron chi connectivity index (χ1n) is 5.77. The van der Waals surface area contributed by atoms with Crippen LogP contribution in [-0.2, 0) is 0 Å². The molecule has 1 fully saturated rings. The number of hydrogen-bond donors (Lipinski definition) is 2. The third kappa shape index (κ3) is 2.41. The number of hydrogen-bond acceptors (Lipinski definition) is 5. The zero-order valence-corrected chi connectivity index (χ0v) is 9.34. The minimum Gasteiger partial charge on any atom is -0.395 e. The van der Waals surface area contributed by atoms with Crippen LogP contribution in [0.1, 0.15) is 25.7 Å². The monoisotopic (exact) mass is 222 g/mol. The molecule has 0 bridgehead atoms. The molecule has 1 aliphatic carbocycles. The molecule has 0 aromatic carbocycles. The lowest BCUT2D eigenvalue weighted by atomic mass is 10.2. The van der Waals surface area contributed by atoms with Gasteiger partial charge in [-0.2, -0.15) is 4.98 Å². The number of anilines is 2. The second kappa shape index (κ2) is 5.12. The van der Waals surface area contributed by atoms with Gasteiger partial charge in [0.05, 0.1) is 6.61 Å². The van der Waals surface area contributed by atoms with E-state index in [2.05, 4.69) is 14.9 Å². The van der Waals surface area contributed by atoms with Gasteiger partial charge in [-0.25, -0.2) is 4.98 Å². The Bertz CT molecular complexity index is 339. The topological polar surface area (TPSA) is 75.3 Å². The maximum absolute atomic E-state index is 9.10. The van der Waals surface area contributed by atoms with Crippen LogP contribution in [0.5, 0.6) is 0 Å². The van der Waals surface area contributed by atoms with E-state index in [-0.39, 0.29) is 6.61 Å². The normalized spacial score (nSPS) is 16.6. The largest absolute Gasteiger partial charge is 0.395 e. The average molecular weight is 222 g/mol. The van der Waals surface area contributed by atoms with Crippen LogP contribution in [0.4, 0.5) is 11.8 Å². The summed E-state index contributed by atoms with van der Waals surface area (Å²) in [6, 6.07) is 2.13. The molecule has 0 radical (unpaired) electrons. The van der Waals surface area contributed by atoms with Crippen LogP contribution < -0.4 is 10.6 Å². The summed E-state index contributed by atoms with van der Waals surface area (Å²) >= 11 is 0. The van der Waals surface area contributed by atoms with Gasteiger partial charge in [0.1, 0.15) is 5.82 Å². The van der Waals surface area contributed by atoms with Crippen LogP contribution >= 0.6 is 0 Å². The summed E-state index contributed by atoms with van der Waals surface area (Å²) in [6.07, 6.45) is 6.46. The smallest absolute Gasteiger partial charge is 0.227 e. The van der Waals surface area contributed by atoms with E-state index in [1.54, 1.807) is 12.3 Å². The van der Waals surface area contributed by atoms with Crippen molar-refractivity contribution in [1.82, 2.24) is 9.97 Å². The lowest BCUT2D eigenvalue weighted by Gasteiger charge is -2.28. The summed E-state index contributed by atoms with van der Waals surface area (Å²) in [6.45, 7) is 0.697. The summed E-state index contributed by atoms with van der Waals surface area (Å²) in [7, 11) is 0. The minimum atomic E-state index is 0.120. The predicted molar refractivity (Wildman–Crippen MR) is 63.1 cm³/mol. The van der Waals surface area contributed by atoms with E-state index >= 15 is 0 Å². The van der Waals surface area contributed by atoms with E-state index in [4.69, 9.17) is 10.8 Å². The maximum Gasteiger partial charge on any atom is 0.227 e. The number of nitrogen functional groups attached to an aromatic ring is 1. The number of rotatable bonds is 4. The third-order valence-corrected chi connectivity index (χ3v) is 3.03. The van der Waals surface area contributed by atoms with Crippen molar-refractivity contribution < 1.29 is 5.11 Å². The number of aliphatic hydroxyl groups is 1. The first-order valence-corrected chi connectivity index (χ1v) is 5.77. The Labute approximate surface area is 95.3 Å². The van der Waals surface area contributed by atoms with Crippen molar-refractivity contribution in [3.05, 3.63) is 12.3 Å². The van der Waals surface area contributed by atoms with Crippen LogP contribution in [0.15, 0.2) is 12.3 Å². The van der Waals surface area contributed by atoms with Crippen molar-refractivity contribution in [3.8, 4) is 0 Å². The maximum atomic E-state index is 9.10. The molecule has 1 saturated carbocycles. The molecule has 88 valence electrons. The Morgan fingerprint density at radius 3 is 2.81 bits per heavy atom. The Kier molecular flexibility index (Phi) is 3.56. The van der Waals surface area contributed by atoms with Crippen LogP contribution in [-0.4, -0.2) is 34.3 Å². The van der Waals surface area contributed by atoms with Crippen molar-refractivity contribution >= 4 is 11.8 Å². The van der Waals surface area contributed by atoms with E-state index in [1.165, 1.54) is 12.8 Å². The molecular formula is C11H18N4O. The first-order chi connectivity index (χ1) is 7.81. The highest BCUT2D eigenvalue weighted by molar-refractivity contribution is 5.38. The van der Waals surface area contributed by atoms with E-state index in [0.29, 0.717) is 24.4 Å². The average Bonchev–Trinajstić information content (AvgIpc) is 2.79. The number of nitrogens with two attached hydrogens (primary N) is 1. The van der Waals surface area contributed by atoms with Gasteiger partial charge >= 0.3 is 0 Å². The Balaban J connectivity index is 2.17. The molecule has 1 aromatic heterocycles. The molecule has 0 spiro atoms. The molecular weight excluding hydrogens is 204 g/mol. The lowest BCUT2D eigenvalue weighted by molar-refractivity contribution is 0.296. The molecule has 2 rings (SSSR count). The summed E-state index contributed by atoms with van der Waals surface area (Å²) in [4.78, 5) is 10.5. The van der Waals surface area contributed by atoms with Crippen molar-refractivity contribution in [1.29, 1.82) is 0 Å². The van der Waals surface area contributed by atoms with E-state index in [9.17, 15) is 0 Å². The van der Waals surface area contributed by atoms with Gasteiger partial charge in [-0.3, -0.25) is 0 Å². The fourth-order valence-corrected chi connectivity index (χ4v) is 2.27. The van der Waals surface area contributed by atoms with Gasteiger partial charge < -0.3 is 15.7 Å². The zero-order valence-electron chi connectivity index (χ0n) is 9.34. The van der Waals surface area contributed by atoms with Crippen molar-refractivity contribution in [2.45, 2.75) is 31.7 Å². The summed E-state index contributed by atoms with van der Waals surface area (Å²) in [5.74, 6) is 1.12. The Hall–Kier alpha value is -1.36. The van der Waals surface area contributed by atoms with Crippen molar-refractivity contribution in [2.75, 3.05) is 23.8 Å². The second-order valence-corrected chi connectivity index (χ2v) is 4.14.